The van der Waals surface area contributed by atoms with Crippen molar-refractivity contribution in [3.05, 3.63) is 41.5 Å². The van der Waals surface area contributed by atoms with Gasteiger partial charge in [0.05, 0.1) is 0 Å². The highest BCUT2D eigenvalue weighted by molar-refractivity contribution is 5.79. The molecule has 0 atom stereocenters. The number of amides is 1. The van der Waals surface area contributed by atoms with Crippen LogP contribution in [0.2, 0.25) is 0 Å². The summed E-state index contributed by atoms with van der Waals surface area (Å²) in [6, 6.07) is 10.5. The van der Waals surface area contributed by atoms with Crippen LogP contribution in [0.4, 0.5) is 0 Å². The molecule has 2 aliphatic rings. The van der Waals surface area contributed by atoms with Crippen molar-refractivity contribution in [1.29, 1.82) is 0 Å². The van der Waals surface area contributed by atoms with Crippen molar-refractivity contribution in [3.8, 4) is 0 Å². The highest BCUT2D eigenvalue weighted by Crippen LogP contribution is 2.22. The van der Waals surface area contributed by atoms with Crippen LogP contribution in [-0.2, 0) is 4.79 Å². The Labute approximate surface area is 140 Å². The summed E-state index contributed by atoms with van der Waals surface area (Å²) < 4.78 is 0. The zero-order chi connectivity index (χ0) is 16.1. The van der Waals surface area contributed by atoms with E-state index >= 15 is 0 Å². The summed E-state index contributed by atoms with van der Waals surface area (Å²) in [4.78, 5) is 17.0. The molecule has 3 heteroatoms. The molecule has 0 N–H and O–H groups in total. The van der Waals surface area contributed by atoms with Crippen LogP contribution in [0, 0.1) is 5.92 Å². The van der Waals surface area contributed by atoms with Gasteiger partial charge in [0.1, 0.15) is 0 Å². The number of hydrogen-bond donors (Lipinski definition) is 0. The second-order valence-corrected chi connectivity index (χ2v) is 6.98. The van der Waals surface area contributed by atoms with Gasteiger partial charge in [0.2, 0.25) is 5.91 Å². The Kier molecular flexibility index (Phi) is 5.50. The Balaban J connectivity index is 1.47. The minimum atomic E-state index is 0.266. The van der Waals surface area contributed by atoms with Crippen molar-refractivity contribution < 1.29 is 4.79 Å². The van der Waals surface area contributed by atoms with Gasteiger partial charge < -0.3 is 4.90 Å². The van der Waals surface area contributed by atoms with E-state index in [1.54, 1.807) is 0 Å². The number of carbonyl (C=O) groups is 1. The number of piperidine rings is 1. The third kappa shape index (κ3) is 4.44. The monoisotopic (exact) mass is 312 g/mol. The van der Waals surface area contributed by atoms with Crippen LogP contribution in [0.3, 0.4) is 0 Å². The summed E-state index contributed by atoms with van der Waals surface area (Å²) in [6.07, 6.45) is 6.69. The van der Waals surface area contributed by atoms with E-state index in [-0.39, 0.29) is 5.92 Å². The fraction of sp³-hybridized carbons (Fsp3) is 0.550. The van der Waals surface area contributed by atoms with E-state index in [2.05, 4.69) is 53.1 Å². The van der Waals surface area contributed by atoms with Crippen LogP contribution in [0.5, 0.6) is 0 Å². The van der Waals surface area contributed by atoms with Gasteiger partial charge >= 0.3 is 0 Å². The molecule has 23 heavy (non-hydrogen) atoms. The molecule has 0 radical (unpaired) electrons. The molecule has 1 aromatic rings. The molecular weight excluding hydrogens is 284 g/mol. The van der Waals surface area contributed by atoms with E-state index in [0.717, 1.165) is 45.6 Å². The lowest BCUT2D eigenvalue weighted by molar-refractivity contribution is -0.135. The number of nitrogens with zero attached hydrogens (tertiary/aromatic N) is 2. The predicted molar refractivity (Wildman–Crippen MR) is 95.1 cm³/mol. The van der Waals surface area contributed by atoms with Crippen LogP contribution in [-0.4, -0.2) is 48.4 Å². The molecule has 3 nitrogen and oxygen atoms in total. The van der Waals surface area contributed by atoms with Gasteiger partial charge in [0, 0.05) is 25.6 Å². The van der Waals surface area contributed by atoms with E-state index < -0.39 is 0 Å². The summed E-state index contributed by atoms with van der Waals surface area (Å²) in [6.45, 7) is 7.28. The SMILES string of the molecule is C/C(=C\c1ccccc1)CN1CCC(C(=O)N2CCCC2)CC1. The maximum absolute atomic E-state index is 12.5. The third-order valence-electron chi connectivity index (χ3n) is 5.04. The first-order chi connectivity index (χ1) is 11.2. The minimum absolute atomic E-state index is 0.266. The number of likely N-dealkylation sites (tertiary alicyclic amines) is 2. The van der Waals surface area contributed by atoms with E-state index in [9.17, 15) is 4.79 Å². The van der Waals surface area contributed by atoms with Crippen molar-refractivity contribution in [3.63, 3.8) is 0 Å². The van der Waals surface area contributed by atoms with Gasteiger partial charge in [-0.05, 0) is 51.3 Å². The van der Waals surface area contributed by atoms with E-state index in [1.165, 1.54) is 24.0 Å². The maximum atomic E-state index is 12.5. The first kappa shape index (κ1) is 16.3. The molecule has 1 amide bonds. The van der Waals surface area contributed by atoms with Gasteiger partial charge in [-0.3, -0.25) is 9.69 Å². The highest BCUT2D eigenvalue weighted by Gasteiger charge is 2.29. The second-order valence-electron chi connectivity index (χ2n) is 6.98. The second kappa shape index (κ2) is 7.78. The molecule has 2 aliphatic heterocycles. The fourth-order valence-electron chi connectivity index (χ4n) is 3.77. The summed E-state index contributed by atoms with van der Waals surface area (Å²) in [5, 5.41) is 0. The molecule has 124 valence electrons. The van der Waals surface area contributed by atoms with Crippen molar-refractivity contribution >= 4 is 12.0 Å². The Morgan fingerprint density at radius 2 is 1.74 bits per heavy atom. The van der Waals surface area contributed by atoms with E-state index in [1.807, 2.05) is 0 Å². The lowest BCUT2D eigenvalue weighted by Crippen LogP contribution is -2.42. The first-order valence-electron chi connectivity index (χ1n) is 8.96. The van der Waals surface area contributed by atoms with Crippen molar-refractivity contribution in [2.45, 2.75) is 32.6 Å². The molecule has 3 rings (SSSR count). The quantitative estimate of drug-likeness (QED) is 0.850. The Morgan fingerprint density at radius 1 is 1.09 bits per heavy atom. The molecule has 0 unspecified atom stereocenters. The lowest BCUT2D eigenvalue weighted by Gasteiger charge is -2.33. The van der Waals surface area contributed by atoms with Crippen molar-refractivity contribution in [2.75, 3.05) is 32.7 Å². The van der Waals surface area contributed by atoms with Crippen molar-refractivity contribution in [1.82, 2.24) is 9.80 Å². The average molecular weight is 312 g/mol. The zero-order valence-corrected chi connectivity index (χ0v) is 14.2. The summed E-state index contributed by atoms with van der Waals surface area (Å²) in [5.74, 6) is 0.682. The van der Waals surface area contributed by atoms with Gasteiger partial charge in [0.15, 0.2) is 0 Å². The van der Waals surface area contributed by atoms with E-state index in [0.29, 0.717) is 5.91 Å². The van der Waals surface area contributed by atoms with Gasteiger partial charge in [-0.1, -0.05) is 42.0 Å². The summed E-state index contributed by atoms with van der Waals surface area (Å²) in [7, 11) is 0. The van der Waals surface area contributed by atoms with Gasteiger partial charge in [-0.2, -0.15) is 0 Å². The Hall–Kier alpha value is -1.61. The fourth-order valence-corrected chi connectivity index (χ4v) is 3.77. The molecule has 0 bridgehead atoms. The largest absolute Gasteiger partial charge is 0.342 e. The van der Waals surface area contributed by atoms with E-state index in [4.69, 9.17) is 0 Å². The van der Waals surface area contributed by atoms with Crippen LogP contribution in [0.1, 0.15) is 38.2 Å². The smallest absolute Gasteiger partial charge is 0.225 e. The van der Waals surface area contributed by atoms with Crippen LogP contribution >= 0.6 is 0 Å². The Bertz CT molecular complexity index is 538. The normalized spacial score (nSPS) is 20.9. The third-order valence-corrected chi connectivity index (χ3v) is 5.04. The molecule has 2 saturated heterocycles. The number of hydrogen-bond acceptors (Lipinski definition) is 2. The zero-order valence-electron chi connectivity index (χ0n) is 14.2. The summed E-state index contributed by atoms with van der Waals surface area (Å²) in [5.41, 5.74) is 2.66. The van der Waals surface area contributed by atoms with Gasteiger partial charge in [-0.25, -0.2) is 0 Å². The number of benzene rings is 1. The van der Waals surface area contributed by atoms with Crippen LogP contribution in [0.25, 0.3) is 6.08 Å². The number of rotatable bonds is 4. The Morgan fingerprint density at radius 3 is 2.39 bits per heavy atom. The molecule has 0 spiro atoms. The van der Waals surface area contributed by atoms with Crippen LogP contribution < -0.4 is 0 Å². The van der Waals surface area contributed by atoms with Gasteiger partial charge in [0.25, 0.3) is 0 Å². The predicted octanol–water partition coefficient (Wildman–Crippen LogP) is 3.42. The average Bonchev–Trinajstić information content (AvgIpc) is 3.10. The van der Waals surface area contributed by atoms with Crippen LogP contribution in [0.15, 0.2) is 35.9 Å². The minimum Gasteiger partial charge on any atom is -0.342 e. The molecular formula is C20H28N2O. The molecule has 0 aliphatic carbocycles. The molecule has 0 saturated carbocycles. The standard InChI is InChI=1S/C20H28N2O/c1-17(15-18-7-3-2-4-8-18)16-21-13-9-19(10-14-21)20(23)22-11-5-6-12-22/h2-4,7-8,15,19H,5-6,9-14,16H2,1H3/b17-15+. The molecule has 2 heterocycles. The topological polar surface area (TPSA) is 23.6 Å². The summed E-state index contributed by atoms with van der Waals surface area (Å²) >= 11 is 0. The molecule has 2 fully saturated rings. The maximum Gasteiger partial charge on any atom is 0.225 e. The lowest BCUT2D eigenvalue weighted by atomic mass is 9.95. The highest BCUT2D eigenvalue weighted by atomic mass is 16.2. The van der Waals surface area contributed by atoms with Gasteiger partial charge in [-0.15, -0.1) is 0 Å². The molecule has 1 aromatic carbocycles. The van der Waals surface area contributed by atoms with Crippen molar-refractivity contribution in [2.24, 2.45) is 5.92 Å². The first-order valence-corrected chi connectivity index (χ1v) is 8.96. The molecule has 0 aromatic heterocycles. The number of carbonyl (C=O) groups excluding carboxylic acids is 1.